The zero-order valence-electron chi connectivity index (χ0n) is 8.92. The summed E-state index contributed by atoms with van der Waals surface area (Å²) in [7, 11) is 0. The molecule has 1 aromatic rings. The van der Waals surface area contributed by atoms with E-state index in [0.717, 1.165) is 0 Å². The number of non-ortho nitro benzene ring substituents is 1. The third-order valence-corrected chi connectivity index (χ3v) is 2.11. The number of ether oxygens (including phenoxy) is 1. The van der Waals surface area contributed by atoms with Gasteiger partial charge in [-0.1, -0.05) is 13.0 Å². The predicted octanol–water partition coefficient (Wildman–Crippen LogP) is 2.67. The molecule has 0 heterocycles. The second kappa shape index (κ2) is 5.71. The molecule has 5 heteroatoms. The van der Waals surface area contributed by atoms with Gasteiger partial charge in [0, 0.05) is 6.07 Å². The molecule has 0 spiro atoms. The van der Waals surface area contributed by atoms with Gasteiger partial charge in [-0.05, 0) is 12.5 Å². The molecular weight excluding hydrogens is 208 g/mol. The Labute approximate surface area is 93.4 Å². The summed E-state index contributed by atoms with van der Waals surface area (Å²) in [6, 6.07) is 7.99. The Kier molecular flexibility index (Phi) is 4.28. The second-order valence-corrected chi connectivity index (χ2v) is 3.26. The highest BCUT2D eigenvalue weighted by atomic mass is 16.6. The largest absolute Gasteiger partial charge is 0.489 e. The molecule has 0 saturated heterocycles. The maximum absolute atomic E-state index is 10.5. The minimum Gasteiger partial charge on any atom is -0.489 e. The fourth-order valence-electron chi connectivity index (χ4n) is 1.23. The molecule has 1 rings (SSSR count). The first kappa shape index (κ1) is 12.0. The topological polar surface area (TPSA) is 76.2 Å². The fraction of sp³-hybridized carbons (Fsp3) is 0.364. The molecule has 0 aromatic heterocycles. The summed E-state index contributed by atoms with van der Waals surface area (Å²) in [5.41, 5.74) is -0.00990. The number of nitrogens with zero attached hydrogens (tertiary/aromatic N) is 2. The molecular formula is C11H12N2O3. The van der Waals surface area contributed by atoms with E-state index in [-0.39, 0.29) is 18.2 Å². The van der Waals surface area contributed by atoms with Crippen LogP contribution in [0.3, 0.4) is 0 Å². The quantitative estimate of drug-likeness (QED) is 0.564. The highest BCUT2D eigenvalue weighted by Crippen LogP contribution is 2.21. The first-order valence-corrected chi connectivity index (χ1v) is 4.95. The monoisotopic (exact) mass is 220 g/mol. The van der Waals surface area contributed by atoms with Crippen LogP contribution in [0.5, 0.6) is 5.75 Å². The SMILES string of the molecule is CCC(CC#N)Oc1cccc([N+](=O)[O-])c1. The highest BCUT2D eigenvalue weighted by molar-refractivity contribution is 5.38. The van der Waals surface area contributed by atoms with Crippen molar-refractivity contribution in [1.29, 1.82) is 5.26 Å². The molecule has 0 fully saturated rings. The van der Waals surface area contributed by atoms with Crippen molar-refractivity contribution in [3.05, 3.63) is 34.4 Å². The molecule has 84 valence electrons. The maximum atomic E-state index is 10.5. The third-order valence-electron chi connectivity index (χ3n) is 2.11. The number of nitro groups is 1. The lowest BCUT2D eigenvalue weighted by molar-refractivity contribution is -0.384. The van der Waals surface area contributed by atoms with Crippen molar-refractivity contribution in [3.8, 4) is 11.8 Å². The van der Waals surface area contributed by atoms with E-state index in [9.17, 15) is 10.1 Å². The van der Waals surface area contributed by atoms with Gasteiger partial charge < -0.3 is 4.74 Å². The van der Waals surface area contributed by atoms with E-state index in [2.05, 4.69) is 0 Å². The molecule has 0 amide bonds. The van der Waals surface area contributed by atoms with Crippen LogP contribution in [0.25, 0.3) is 0 Å². The summed E-state index contributed by atoms with van der Waals surface area (Å²) >= 11 is 0. The van der Waals surface area contributed by atoms with Gasteiger partial charge in [-0.25, -0.2) is 0 Å². The number of nitriles is 1. The lowest BCUT2D eigenvalue weighted by atomic mass is 10.2. The zero-order chi connectivity index (χ0) is 12.0. The summed E-state index contributed by atoms with van der Waals surface area (Å²) < 4.78 is 5.47. The fourth-order valence-corrected chi connectivity index (χ4v) is 1.23. The van der Waals surface area contributed by atoms with Gasteiger partial charge in [0.05, 0.1) is 23.5 Å². The Morgan fingerprint density at radius 1 is 1.62 bits per heavy atom. The lowest BCUT2D eigenvalue weighted by Gasteiger charge is -2.13. The smallest absolute Gasteiger partial charge is 0.273 e. The van der Waals surface area contributed by atoms with Gasteiger partial charge in [-0.3, -0.25) is 10.1 Å². The van der Waals surface area contributed by atoms with Gasteiger partial charge in [-0.15, -0.1) is 0 Å². The normalized spacial score (nSPS) is 11.5. The second-order valence-electron chi connectivity index (χ2n) is 3.26. The van der Waals surface area contributed by atoms with E-state index in [1.807, 2.05) is 13.0 Å². The molecule has 0 bridgehead atoms. The van der Waals surface area contributed by atoms with Crippen molar-refractivity contribution in [2.75, 3.05) is 0 Å². The van der Waals surface area contributed by atoms with Crippen molar-refractivity contribution in [1.82, 2.24) is 0 Å². The average molecular weight is 220 g/mol. The van der Waals surface area contributed by atoms with E-state index in [4.69, 9.17) is 10.00 Å². The molecule has 0 aliphatic carbocycles. The van der Waals surface area contributed by atoms with Crippen molar-refractivity contribution in [2.45, 2.75) is 25.9 Å². The molecule has 5 nitrogen and oxygen atoms in total. The van der Waals surface area contributed by atoms with Crippen LogP contribution in [0.1, 0.15) is 19.8 Å². The van der Waals surface area contributed by atoms with Crippen LogP contribution >= 0.6 is 0 Å². The van der Waals surface area contributed by atoms with Crippen molar-refractivity contribution in [3.63, 3.8) is 0 Å². The molecule has 1 unspecified atom stereocenters. The zero-order valence-corrected chi connectivity index (χ0v) is 8.92. The summed E-state index contributed by atoms with van der Waals surface area (Å²) in [5.74, 6) is 0.427. The Morgan fingerprint density at radius 3 is 2.94 bits per heavy atom. The number of rotatable bonds is 5. The Balaban J connectivity index is 2.77. The van der Waals surface area contributed by atoms with Crippen molar-refractivity contribution in [2.24, 2.45) is 0 Å². The Bertz CT molecular complexity index is 412. The number of hydrogen-bond acceptors (Lipinski definition) is 4. The van der Waals surface area contributed by atoms with Gasteiger partial charge in [0.1, 0.15) is 11.9 Å². The predicted molar refractivity (Wildman–Crippen MR) is 58.0 cm³/mol. The van der Waals surface area contributed by atoms with Crippen LogP contribution in [0.2, 0.25) is 0 Å². The Morgan fingerprint density at radius 2 is 2.38 bits per heavy atom. The molecule has 0 radical (unpaired) electrons. The summed E-state index contributed by atoms with van der Waals surface area (Å²) in [4.78, 5) is 10.1. The highest BCUT2D eigenvalue weighted by Gasteiger charge is 2.10. The van der Waals surface area contributed by atoms with Gasteiger partial charge >= 0.3 is 0 Å². The molecule has 1 atom stereocenters. The van der Waals surface area contributed by atoms with Crippen LogP contribution in [-0.4, -0.2) is 11.0 Å². The van der Waals surface area contributed by atoms with Crippen LogP contribution in [0.4, 0.5) is 5.69 Å². The minimum absolute atomic E-state index is 0.00990. The average Bonchev–Trinajstić information content (AvgIpc) is 2.29. The summed E-state index contributed by atoms with van der Waals surface area (Å²) in [5, 5.41) is 19.1. The van der Waals surface area contributed by atoms with Crippen LogP contribution < -0.4 is 4.74 Å². The van der Waals surface area contributed by atoms with Crippen LogP contribution in [-0.2, 0) is 0 Å². The van der Waals surface area contributed by atoms with E-state index in [0.29, 0.717) is 12.2 Å². The molecule has 0 saturated carbocycles. The maximum Gasteiger partial charge on any atom is 0.273 e. The van der Waals surface area contributed by atoms with E-state index in [1.165, 1.54) is 12.1 Å². The van der Waals surface area contributed by atoms with Gasteiger partial charge in [0.2, 0.25) is 0 Å². The lowest BCUT2D eigenvalue weighted by Crippen LogP contribution is -2.14. The summed E-state index contributed by atoms with van der Waals surface area (Å²) in [6.45, 7) is 1.90. The molecule has 0 aliphatic heterocycles. The first-order valence-electron chi connectivity index (χ1n) is 4.95. The number of hydrogen-bond donors (Lipinski definition) is 0. The van der Waals surface area contributed by atoms with Crippen LogP contribution in [0.15, 0.2) is 24.3 Å². The van der Waals surface area contributed by atoms with E-state index < -0.39 is 4.92 Å². The standard InChI is InChI=1S/C11H12N2O3/c1-2-10(6-7-12)16-11-5-3-4-9(8-11)13(14)15/h3-5,8,10H,2,6H2,1H3. The van der Waals surface area contributed by atoms with Gasteiger partial charge in [-0.2, -0.15) is 5.26 Å². The van der Waals surface area contributed by atoms with Crippen LogP contribution in [0, 0.1) is 21.4 Å². The number of benzene rings is 1. The van der Waals surface area contributed by atoms with E-state index >= 15 is 0 Å². The third kappa shape index (κ3) is 3.24. The van der Waals surface area contributed by atoms with Gasteiger partial charge in [0.15, 0.2) is 0 Å². The first-order chi connectivity index (χ1) is 7.67. The van der Waals surface area contributed by atoms with Crippen molar-refractivity contribution >= 4 is 5.69 Å². The molecule has 0 aliphatic rings. The van der Waals surface area contributed by atoms with Gasteiger partial charge in [0.25, 0.3) is 5.69 Å². The van der Waals surface area contributed by atoms with E-state index in [1.54, 1.807) is 12.1 Å². The molecule has 1 aromatic carbocycles. The van der Waals surface area contributed by atoms with Crippen molar-refractivity contribution < 1.29 is 9.66 Å². The summed E-state index contributed by atoms with van der Waals surface area (Å²) in [6.07, 6.45) is 0.752. The molecule has 16 heavy (non-hydrogen) atoms. The number of nitro benzene ring substituents is 1. The molecule has 0 N–H and O–H groups in total. The minimum atomic E-state index is -0.474. The Hall–Kier alpha value is -2.09.